The molecule has 0 unspecified atom stereocenters. The first-order valence-corrected chi connectivity index (χ1v) is 6.28. The molecule has 0 bridgehead atoms. The maximum absolute atomic E-state index is 12.1. The Hall–Kier alpha value is -1.62. The summed E-state index contributed by atoms with van der Waals surface area (Å²) in [5, 5.41) is 11.9. The van der Waals surface area contributed by atoms with Crippen molar-refractivity contribution in [2.45, 2.75) is 20.8 Å². The third-order valence-corrected chi connectivity index (χ3v) is 3.91. The van der Waals surface area contributed by atoms with Gasteiger partial charge in [0.25, 0.3) is 0 Å². The summed E-state index contributed by atoms with van der Waals surface area (Å²) >= 11 is 5.89. The van der Waals surface area contributed by atoms with E-state index in [1.165, 1.54) is 0 Å². The molecule has 0 aliphatic heterocycles. The van der Waals surface area contributed by atoms with Crippen molar-refractivity contribution in [3.8, 4) is 0 Å². The molecule has 19 heavy (non-hydrogen) atoms. The minimum Gasteiger partial charge on any atom is -0.481 e. The van der Waals surface area contributed by atoms with E-state index in [2.05, 4.69) is 10.3 Å². The number of aliphatic carboxylic acids is 1. The third kappa shape index (κ3) is 2.42. The van der Waals surface area contributed by atoms with Crippen molar-refractivity contribution in [1.29, 1.82) is 0 Å². The van der Waals surface area contributed by atoms with Gasteiger partial charge in [0.05, 0.1) is 17.5 Å². The van der Waals surface area contributed by atoms with Crippen LogP contribution in [0.25, 0.3) is 0 Å². The maximum Gasteiger partial charge on any atom is 0.307 e. The molecule has 1 fully saturated rings. The number of anilines is 1. The first-order valence-electron chi connectivity index (χ1n) is 5.91. The Morgan fingerprint density at radius 2 is 2.05 bits per heavy atom. The van der Waals surface area contributed by atoms with Crippen LogP contribution in [-0.4, -0.2) is 22.0 Å². The Kier molecular flexibility index (Phi) is 3.26. The number of carbonyl (C=O) groups excluding carboxylic acids is 1. The summed E-state index contributed by atoms with van der Waals surface area (Å²) in [5.74, 6) is -2.46. The Labute approximate surface area is 116 Å². The molecule has 1 saturated carbocycles. The number of nitrogens with zero attached hydrogens (tertiary/aromatic N) is 1. The van der Waals surface area contributed by atoms with E-state index in [-0.39, 0.29) is 11.1 Å². The zero-order chi connectivity index (χ0) is 14.4. The molecule has 5 nitrogen and oxygen atoms in total. The number of carbonyl (C=O) groups is 2. The highest BCUT2D eigenvalue weighted by molar-refractivity contribution is 6.32. The number of pyridine rings is 1. The lowest BCUT2D eigenvalue weighted by Crippen LogP contribution is -2.18. The number of carboxylic acid groups (broad SMARTS) is 1. The minimum atomic E-state index is -0.946. The second kappa shape index (κ2) is 4.49. The summed E-state index contributed by atoms with van der Waals surface area (Å²) in [7, 11) is 0. The molecule has 1 heterocycles. The number of hydrogen-bond donors (Lipinski definition) is 2. The van der Waals surface area contributed by atoms with Gasteiger partial charge in [-0.1, -0.05) is 25.4 Å². The molecule has 0 saturated heterocycles. The lowest BCUT2D eigenvalue weighted by molar-refractivity contribution is -0.140. The minimum absolute atomic E-state index is 0.198. The van der Waals surface area contributed by atoms with Crippen molar-refractivity contribution in [2.75, 3.05) is 5.32 Å². The van der Waals surface area contributed by atoms with Crippen LogP contribution < -0.4 is 5.32 Å². The number of aryl methyl sites for hydroxylation is 1. The molecule has 102 valence electrons. The molecule has 1 amide bonds. The van der Waals surface area contributed by atoms with Crippen LogP contribution in [0.5, 0.6) is 0 Å². The van der Waals surface area contributed by atoms with Gasteiger partial charge in [-0.2, -0.15) is 0 Å². The number of aromatic nitrogens is 1. The van der Waals surface area contributed by atoms with Gasteiger partial charge in [-0.3, -0.25) is 9.59 Å². The molecule has 0 spiro atoms. The van der Waals surface area contributed by atoms with Gasteiger partial charge in [0.15, 0.2) is 5.15 Å². The molecular formula is C13H15ClN2O3. The Morgan fingerprint density at radius 1 is 1.42 bits per heavy atom. The summed E-state index contributed by atoms with van der Waals surface area (Å²) in [4.78, 5) is 27.1. The molecule has 2 rings (SSSR count). The summed E-state index contributed by atoms with van der Waals surface area (Å²) in [6.45, 7) is 5.37. The van der Waals surface area contributed by atoms with E-state index >= 15 is 0 Å². The van der Waals surface area contributed by atoms with Crippen LogP contribution in [0.3, 0.4) is 0 Å². The van der Waals surface area contributed by atoms with Crippen LogP contribution in [0.4, 0.5) is 5.69 Å². The average molecular weight is 283 g/mol. The molecular weight excluding hydrogens is 268 g/mol. The van der Waals surface area contributed by atoms with Gasteiger partial charge in [-0.05, 0) is 24.0 Å². The molecule has 2 N–H and O–H groups in total. The van der Waals surface area contributed by atoms with Gasteiger partial charge < -0.3 is 10.4 Å². The lowest BCUT2D eigenvalue weighted by atomic mass is 10.1. The predicted octanol–water partition coefficient (Wildman–Crippen LogP) is 2.34. The molecule has 2 atom stereocenters. The zero-order valence-corrected chi connectivity index (χ0v) is 11.7. The second-order valence-corrected chi connectivity index (χ2v) is 5.81. The van der Waals surface area contributed by atoms with Crippen molar-refractivity contribution in [2.24, 2.45) is 17.3 Å². The Bertz CT molecular complexity index is 557. The van der Waals surface area contributed by atoms with E-state index < -0.39 is 23.2 Å². The van der Waals surface area contributed by atoms with E-state index in [9.17, 15) is 9.59 Å². The normalized spacial score (nSPS) is 23.8. The zero-order valence-electron chi connectivity index (χ0n) is 10.9. The van der Waals surface area contributed by atoms with Gasteiger partial charge in [0, 0.05) is 6.20 Å². The molecule has 0 aromatic carbocycles. The van der Waals surface area contributed by atoms with Crippen molar-refractivity contribution in [3.63, 3.8) is 0 Å². The quantitative estimate of drug-likeness (QED) is 0.834. The highest BCUT2D eigenvalue weighted by Crippen LogP contribution is 2.58. The number of rotatable bonds is 3. The van der Waals surface area contributed by atoms with Crippen molar-refractivity contribution in [1.82, 2.24) is 4.98 Å². The monoisotopic (exact) mass is 282 g/mol. The Morgan fingerprint density at radius 3 is 2.58 bits per heavy atom. The smallest absolute Gasteiger partial charge is 0.307 e. The number of hydrogen-bond acceptors (Lipinski definition) is 3. The average Bonchev–Trinajstić information content (AvgIpc) is 2.87. The molecule has 1 aliphatic rings. The van der Waals surface area contributed by atoms with E-state index in [1.807, 2.05) is 6.92 Å². The van der Waals surface area contributed by atoms with Crippen LogP contribution in [0, 0.1) is 24.2 Å². The van der Waals surface area contributed by atoms with Crippen LogP contribution >= 0.6 is 11.6 Å². The largest absolute Gasteiger partial charge is 0.481 e. The highest BCUT2D eigenvalue weighted by Gasteiger charge is 2.65. The molecule has 6 heteroatoms. The Balaban J connectivity index is 2.15. The first kappa shape index (κ1) is 13.8. The lowest BCUT2D eigenvalue weighted by Gasteiger charge is -2.08. The van der Waals surface area contributed by atoms with Gasteiger partial charge in [-0.15, -0.1) is 0 Å². The maximum atomic E-state index is 12.1. The third-order valence-electron chi connectivity index (χ3n) is 3.61. The van der Waals surface area contributed by atoms with Gasteiger partial charge in [-0.25, -0.2) is 4.98 Å². The van der Waals surface area contributed by atoms with Crippen LogP contribution in [-0.2, 0) is 9.59 Å². The fraction of sp³-hybridized carbons (Fsp3) is 0.462. The fourth-order valence-electron chi connectivity index (χ4n) is 2.44. The summed E-state index contributed by atoms with van der Waals surface area (Å²) in [6, 6.07) is 1.71. The topological polar surface area (TPSA) is 79.3 Å². The van der Waals surface area contributed by atoms with E-state index in [0.29, 0.717) is 5.69 Å². The van der Waals surface area contributed by atoms with Crippen LogP contribution in [0.1, 0.15) is 19.4 Å². The summed E-state index contributed by atoms with van der Waals surface area (Å²) in [6.07, 6.45) is 1.60. The predicted molar refractivity (Wildman–Crippen MR) is 71.0 cm³/mol. The van der Waals surface area contributed by atoms with Crippen molar-refractivity contribution >= 4 is 29.2 Å². The SMILES string of the molecule is Cc1cnc(Cl)c(NC(=O)[C@H]2[C@@H](C(=O)O)C2(C)C)c1. The number of nitrogens with one attached hydrogen (secondary N) is 1. The number of amides is 1. The van der Waals surface area contributed by atoms with Gasteiger partial charge in [0.1, 0.15) is 0 Å². The van der Waals surface area contributed by atoms with Gasteiger partial charge >= 0.3 is 5.97 Å². The second-order valence-electron chi connectivity index (χ2n) is 5.46. The van der Waals surface area contributed by atoms with Gasteiger partial charge in [0.2, 0.25) is 5.91 Å². The molecule has 1 aliphatic carbocycles. The number of halogens is 1. The highest BCUT2D eigenvalue weighted by atomic mass is 35.5. The first-order chi connectivity index (χ1) is 8.75. The van der Waals surface area contributed by atoms with E-state index in [0.717, 1.165) is 5.56 Å². The molecule has 1 aromatic rings. The van der Waals surface area contributed by atoms with Crippen molar-refractivity contribution in [3.05, 3.63) is 23.0 Å². The summed E-state index contributed by atoms with van der Waals surface area (Å²) in [5.41, 5.74) is 0.752. The molecule has 1 aromatic heterocycles. The molecule has 0 radical (unpaired) electrons. The summed E-state index contributed by atoms with van der Waals surface area (Å²) < 4.78 is 0. The number of carboxylic acids is 1. The van der Waals surface area contributed by atoms with Crippen molar-refractivity contribution < 1.29 is 14.7 Å². The van der Waals surface area contributed by atoms with Crippen LogP contribution in [0.2, 0.25) is 5.15 Å². The standard InChI is InChI=1S/C13H15ClN2O3/c1-6-4-7(10(14)15-5-6)16-11(17)8-9(12(18)19)13(8,2)3/h4-5,8-9H,1-3H3,(H,16,17)(H,18,19)/t8-,9+/m1/s1. The van der Waals surface area contributed by atoms with Crippen LogP contribution in [0.15, 0.2) is 12.3 Å². The fourth-order valence-corrected chi connectivity index (χ4v) is 2.59. The van der Waals surface area contributed by atoms with E-state index in [4.69, 9.17) is 16.7 Å². The van der Waals surface area contributed by atoms with E-state index in [1.54, 1.807) is 26.1 Å².